The van der Waals surface area contributed by atoms with Gasteiger partial charge >= 0.3 is 5.97 Å². The van der Waals surface area contributed by atoms with Gasteiger partial charge in [0, 0.05) is 13.2 Å². The first-order chi connectivity index (χ1) is 7.14. The highest BCUT2D eigenvalue weighted by atomic mass is 16.5. The third-order valence-electron chi connectivity index (χ3n) is 3.67. The van der Waals surface area contributed by atoms with Gasteiger partial charge in [-0.25, -0.2) is 0 Å². The summed E-state index contributed by atoms with van der Waals surface area (Å²) in [7, 11) is 0. The van der Waals surface area contributed by atoms with Crippen molar-refractivity contribution >= 4 is 5.97 Å². The van der Waals surface area contributed by atoms with Crippen molar-refractivity contribution in [3.05, 3.63) is 0 Å². The number of ether oxygens (including phenoxy) is 1. The number of carboxylic acid groups (broad SMARTS) is 1. The highest BCUT2D eigenvalue weighted by Gasteiger charge is 2.44. The molecular weight excluding hydrogens is 192 g/mol. The van der Waals surface area contributed by atoms with Gasteiger partial charge in [-0.1, -0.05) is 13.3 Å². The maximum Gasteiger partial charge on any atom is 0.309 e. The number of hydrogen-bond donors (Lipinski definition) is 1. The molecule has 1 fully saturated rings. The molecule has 3 heteroatoms. The van der Waals surface area contributed by atoms with E-state index in [1.165, 1.54) is 0 Å². The smallest absolute Gasteiger partial charge is 0.309 e. The SMILES string of the molecule is CCOCCC1(C(=O)O)CCC(CC)C1. The molecule has 0 aromatic carbocycles. The van der Waals surface area contributed by atoms with Crippen molar-refractivity contribution in [2.75, 3.05) is 13.2 Å². The minimum Gasteiger partial charge on any atom is -0.481 e. The Kier molecular flexibility index (Phi) is 4.58. The fourth-order valence-corrected chi connectivity index (χ4v) is 2.53. The lowest BCUT2D eigenvalue weighted by atomic mass is 9.82. The molecule has 3 nitrogen and oxygen atoms in total. The average molecular weight is 214 g/mol. The van der Waals surface area contributed by atoms with E-state index in [1.54, 1.807) is 0 Å². The Morgan fingerprint density at radius 3 is 2.73 bits per heavy atom. The molecule has 0 aromatic heterocycles. The maximum absolute atomic E-state index is 11.3. The lowest BCUT2D eigenvalue weighted by molar-refractivity contribution is -0.150. The van der Waals surface area contributed by atoms with E-state index in [-0.39, 0.29) is 0 Å². The van der Waals surface area contributed by atoms with Gasteiger partial charge in [0.2, 0.25) is 0 Å². The van der Waals surface area contributed by atoms with Crippen LogP contribution in [0.5, 0.6) is 0 Å². The van der Waals surface area contributed by atoms with Crippen LogP contribution in [-0.2, 0) is 9.53 Å². The van der Waals surface area contributed by atoms with E-state index in [0.717, 1.165) is 25.7 Å². The molecule has 0 aliphatic heterocycles. The molecule has 2 unspecified atom stereocenters. The van der Waals surface area contributed by atoms with E-state index in [2.05, 4.69) is 6.92 Å². The fraction of sp³-hybridized carbons (Fsp3) is 0.917. The van der Waals surface area contributed by atoms with Gasteiger partial charge < -0.3 is 9.84 Å². The molecule has 15 heavy (non-hydrogen) atoms. The van der Waals surface area contributed by atoms with E-state index in [4.69, 9.17) is 4.74 Å². The van der Waals surface area contributed by atoms with Crippen molar-refractivity contribution in [1.29, 1.82) is 0 Å². The fourth-order valence-electron chi connectivity index (χ4n) is 2.53. The number of carbonyl (C=O) groups is 1. The van der Waals surface area contributed by atoms with E-state index < -0.39 is 11.4 Å². The van der Waals surface area contributed by atoms with Crippen LogP contribution in [-0.4, -0.2) is 24.3 Å². The number of carboxylic acids is 1. The first-order valence-electron chi connectivity index (χ1n) is 5.95. The quantitative estimate of drug-likeness (QED) is 0.691. The zero-order chi connectivity index (χ0) is 11.3. The Morgan fingerprint density at radius 2 is 2.27 bits per heavy atom. The molecule has 1 N–H and O–H groups in total. The van der Waals surface area contributed by atoms with Gasteiger partial charge in [-0.05, 0) is 38.5 Å². The molecule has 1 aliphatic rings. The lowest BCUT2D eigenvalue weighted by Gasteiger charge is -2.24. The van der Waals surface area contributed by atoms with Gasteiger partial charge in [0.05, 0.1) is 5.41 Å². The van der Waals surface area contributed by atoms with E-state index >= 15 is 0 Å². The molecule has 0 radical (unpaired) electrons. The van der Waals surface area contributed by atoms with Gasteiger partial charge in [0.15, 0.2) is 0 Å². The number of rotatable bonds is 6. The molecule has 88 valence electrons. The molecular formula is C12H22O3. The molecule has 0 spiro atoms. The first-order valence-corrected chi connectivity index (χ1v) is 5.95. The normalized spacial score (nSPS) is 30.7. The summed E-state index contributed by atoms with van der Waals surface area (Å²) < 4.78 is 5.28. The summed E-state index contributed by atoms with van der Waals surface area (Å²) >= 11 is 0. The van der Waals surface area contributed by atoms with E-state index in [1.807, 2.05) is 6.92 Å². The van der Waals surface area contributed by atoms with E-state index in [0.29, 0.717) is 25.6 Å². The van der Waals surface area contributed by atoms with Crippen LogP contribution in [0.25, 0.3) is 0 Å². The Bertz CT molecular complexity index is 215. The second-order valence-corrected chi connectivity index (χ2v) is 4.55. The van der Waals surface area contributed by atoms with Crippen LogP contribution >= 0.6 is 0 Å². The second-order valence-electron chi connectivity index (χ2n) is 4.55. The Balaban J connectivity index is 2.53. The molecule has 1 aliphatic carbocycles. The highest BCUT2D eigenvalue weighted by Crippen LogP contribution is 2.45. The molecule has 0 amide bonds. The van der Waals surface area contributed by atoms with Crippen molar-refractivity contribution in [2.24, 2.45) is 11.3 Å². The predicted molar refractivity (Wildman–Crippen MR) is 58.8 cm³/mol. The third kappa shape index (κ3) is 2.94. The molecule has 1 saturated carbocycles. The van der Waals surface area contributed by atoms with Crippen molar-refractivity contribution in [3.8, 4) is 0 Å². The number of aliphatic carboxylic acids is 1. The largest absolute Gasteiger partial charge is 0.481 e. The maximum atomic E-state index is 11.3. The minimum atomic E-state index is -0.627. The highest BCUT2D eigenvalue weighted by molar-refractivity contribution is 5.75. The molecule has 0 saturated heterocycles. The molecule has 0 aromatic rings. The Hall–Kier alpha value is -0.570. The lowest BCUT2D eigenvalue weighted by Crippen LogP contribution is -2.29. The van der Waals surface area contributed by atoms with Crippen LogP contribution in [0.3, 0.4) is 0 Å². The monoisotopic (exact) mass is 214 g/mol. The van der Waals surface area contributed by atoms with Gasteiger partial charge in [0.25, 0.3) is 0 Å². The van der Waals surface area contributed by atoms with Crippen LogP contribution in [0, 0.1) is 11.3 Å². The van der Waals surface area contributed by atoms with E-state index in [9.17, 15) is 9.90 Å². The number of hydrogen-bond acceptors (Lipinski definition) is 2. The summed E-state index contributed by atoms with van der Waals surface area (Å²) in [6.45, 7) is 5.34. The summed E-state index contributed by atoms with van der Waals surface area (Å²) in [6, 6.07) is 0. The van der Waals surface area contributed by atoms with Gasteiger partial charge in [-0.3, -0.25) is 4.79 Å². The zero-order valence-electron chi connectivity index (χ0n) is 9.79. The van der Waals surface area contributed by atoms with Crippen molar-refractivity contribution < 1.29 is 14.6 Å². The summed E-state index contributed by atoms with van der Waals surface area (Å²) in [5.74, 6) is -0.0270. The Morgan fingerprint density at radius 1 is 1.53 bits per heavy atom. The van der Waals surface area contributed by atoms with Crippen LogP contribution < -0.4 is 0 Å². The predicted octanol–water partition coefficient (Wildman–Crippen LogP) is 2.69. The van der Waals surface area contributed by atoms with Crippen LogP contribution in [0.15, 0.2) is 0 Å². The van der Waals surface area contributed by atoms with Crippen LogP contribution in [0.2, 0.25) is 0 Å². The Labute approximate surface area is 91.8 Å². The minimum absolute atomic E-state index is 0.490. The summed E-state index contributed by atoms with van der Waals surface area (Å²) in [5.41, 5.74) is -0.490. The summed E-state index contributed by atoms with van der Waals surface area (Å²) in [6.07, 6.45) is 4.51. The van der Waals surface area contributed by atoms with Gasteiger partial charge in [0.1, 0.15) is 0 Å². The van der Waals surface area contributed by atoms with Crippen molar-refractivity contribution in [2.45, 2.75) is 46.0 Å². The molecule has 1 rings (SSSR count). The van der Waals surface area contributed by atoms with Gasteiger partial charge in [-0.15, -0.1) is 0 Å². The van der Waals surface area contributed by atoms with Crippen molar-refractivity contribution in [3.63, 3.8) is 0 Å². The molecule has 2 atom stereocenters. The zero-order valence-corrected chi connectivity index (χ0v) is 9.79. The van der Waals surface area contributed by atoms with Crippen LogP contribution in [0.4, 0.5) is 0 Å². The molecule has 0 heterocycles. The standard InChI is InChI=1S/C12H22O3/c1-3-10-5-6-12(9-10,11(13)14)7-8-15-4-2/h10H,3-9H2,1-2H3,(H,13,14). The average Bonchev–Trinajstić information content (AvgIpc) is 2.63. The summed E-state index contributed by atoms with van der Waals surface area (Å²) in [4.78, 5) is 11.3. The second kappa shape index (κ2) is 5.50. The van der Waals surface area contributed by atoms with Gasteiger partial charge in [-0.2, -0.15) is 0 Å². The third-order valence-corrected chi connectivity index (χ3v) is 3.67. The first kappa shape index (κ1) is 12.5. The summed E-state index contributed by atoms with van der Waals surface area (Å²) in [5, 5.41) is 9.32. The molecule has 0 bridgehead atoms. The van der Waals surface area contributed by atoms with Crippen LogP contribution in [0.1, 0.15) is 46.0 Å². The topological polar surface area (TPSA) is 46.5 Å². The van der Waals surface area contributed by atoms with Crippen molar-refractivity contribution in [1.82, 2.24) is 0 Å².